The van der Waals surface area contributed by atoms with E-state index in [4.69, 9.17) is 4.74 Å². The maximum Gasteiger partial charge on any atom is 0.208 e. The molecule has 0 saturated carbocycles. The molecule has 0 aliphatic rings. The number of benzene rings is 2. The standard InChI is InChI=1S/C25H25FN8O/c1-4-35-21-12-17(8-9-18(21)25-30-32-33-31-25)19-13-22(29-14-28-19)27-10-11-34-16(3)24(26)23-15(2)6-5-7-20(23)34/h5-9,12-14H,4,10-11H2,1-3H3,(H,27,28,29)(H,30,31,32,33). The van der Waals surface area contributed by atoms with Crippen molar-refractivity contribution in [1.82, 2.24) is 35.2 Å². The van der Waals surface area contributed by atoms with Gasteiger partial charge in [-0.1, -0.05) is 18.2 Å². The van der Waals surface area contributed by atoms with Gasteiger partial charge in [-0.25, -0.2) is 14.4 Å². The molecule has 178 valence electrons. The van der Waals surface area contributed by atoms with E-state index in [1.54, 1.807) is 0 Å². The van der Waals surface area contributed by atoms with Crippen molar-refractivity contribution in [3.8, 4) is 28.4 Å². The minimum atomic E-state index is -0.156. The number of aromatic nitrogens is 7. The molecule has 5 aromatic rings. The molecule has 2 aromatic carbocycles. The fourth-order valence-corrected chi connectivity index (χ4v) is 4.26. The summed E-state index contributed by atoms with van der Waals surface area (Å²) >= 11 is 0. The molecule has 5 rings (SSSR count). The molecule has 0 amide bonds. The van der Waals surface area contributed by atoms with Crippen LogP contribution in [0.25, 0.3) is 33.5 Å². The summed E-state index contributed by atoms with van der Waals surface area (Å²) in [6.45, 7) is 7.34. The molecule has 0 spiro atoms. The summed E-state index contributed by atoms with van der Waals surface area (Å²) in [5.41, 5.74) is 4.82. The third-order valence-corrected chi connectivity index (χ3v) is 5.96. The summed E-state index contributed by atoms with van der Waals surface area (Å²) in [5.74, 6) is 1.63. The van der Waals surface area contributed by atoms with E-state index in [1.807, 2.05) is 67.8 Å². The van der Waals surface area contributed by atoms with Crippen LogP contribution in [0.5, 0.6) is 5.75 Å². The van der Waals surface area contributed by atoms with E-state index >= 15 is 0 Å². The maximum atomic E-state index is 14.8. The van der Waals surface area contributed by atoms with Crippen molar-refractivity contribution in [2.24, 2.45) is 0 Å². The van der Waals surface area contributed by atoms with Crippen LogP contribution in [-0.2, 0) is 6.54 Å². The molecule has 0 radical (unpaired) electrons. The van der Waals surface area contributed by atoms with Gasteiger partial charge < -0.3 is 14.6 Å². The zero-order valence-corrected chi connectivity index (χ0v) is 19.7. The summed E-state index contributed by atoms with van der Waals surface area (Å²) in [5, 5.41) is 18.2. The lowest BCUT2D eigenvalue weighted by Gasteiger charge is -2.12. The van der Waals surface area contributed by atoms with Gasteiger partial charge >= 0.3 is 0 Å². The lowest BCUT2D eigenvalue weighted by molar-refractivity contribution is 0.341. The van der Waals surface area contributed by atoms with Gasteiger partial charge in [0.1, 0.15) is 17.9 Å². The number of hydrogen-bond donors (Lipinski definition) is 2. The van der Waals surface area contributed by atoms with Crippen molar-refractivity contribution in [2.45, 2.75) is 27.3 Å². The normalized spacial score (nSPS) is 11.2. The zero-order chi connectivity index (χ0) is 24.4. The van der Waals surface area contributed by atoms with E-state index < -0.39 is 0 Å². The monoisotopic (exact) mass is 472 g/mol. The van der Waals surface area contributed by atoms with Gasteiger partial charge in [0.05, 0.1) is 29.1 Å². The molecule has 10 heteroatoms. The van der Waals surface area contributed by atoms with Crippen molar-refractivity contribution >= 4 is 16.7 Å². The van der Waals surface area contributed by atoms with E-state index in [-0.39, 0.29) is 5.82 Å². The van der Waals surface area contributed by atoms with Gasteiger partial charge in [0.15, 0.2) is 5.82 Å². The van der Waals surface area contributed by atoms with E-state index in [2.05, 4.69) is 35.9 Å². The van der Waals surface area contributed by atoms with Crippen LogP contribution in [0.3, 0.4) is 0 Å². The second-order valence-electron chi connectivity index (χ2n) is 8.11. The van der Waals surface area contributed by atoms with Crippen LogP contribution in [-0.4, -0.2) is 48.3 Å². The van der Waals surface area contributed by atoms with E-state index in [0.29, 0.717) is 48.2 Å². The molecule has 0 bridgehead atoms. The van der Waals surface area contributed by atoms with Crippen LogP contribution in [0.1, 0.15) is 18.2 Å². The van der Waals surface area contributed by atoms with Gasteiger partial charge in [-0.3, -0.25) is 0 Å². The summed E-state index contributed by atoms with van der Waals surface area (Å²) in [7, 11) is 0. The van der Waals surface area contributed by atoms with Crippen molar-refractivity contribution in [3.05, 3.63) is 65.9 Å². The highest BCUT2D eigenvalue weighted by molar-refractivity contribution is 5.85. The molecule has 0 fully saturated rings. The van der Waals surface area contributed by atoms with Crippen LogP contribution >= 0.6 is 0 Å². The van der Waals surface area contributed by atoms with Gasteiger partial charge in [-0.15, -0.1) is 10.2 Å². The third-order valence-electron chi connectivity index (χ3n) is 5.96. The first-order chi connectivity index (χ1) is 17.1. The number of fused-ring (bicyclic) bond motifs is 1. The van der Waals surface area contributed by atoms with Gasteiger partial charge in [0, 0.05) is 30.1 Å². The second kappa shape index (κ2) is 9.49. The average Bonchev–Trinajstić information content (AvgIpc) is 3.48. The number of nitrogens with zero attached hydrogens (tertiary/aromatic N) is 6. The minimum absolute atomic E-state index is 0.156. The molecular weight excluding hydrogens is 447 g/mol. The molecule has 9 nitrogen and oxygen atoms in total. The van der Waals surface area contributed by atoms with Crippen LogP contribution in [0.4, 0.5) is 10.2 Å². The molecule has 0 unspecified atom stereocenters. The Kier molecular flexibility index (Phi) is 6.09. The van der Waals surface area contributed by atoms with E-state index in [1.165, 1.54) is 6.33 Å². The Balaban J connectivity index is 1.35. The topological polar surface area (TPSA) is 106 Å². The number of aromatic amines is 1. The van der Waals surface area contributed by atoms with Gasteiger partial charge in [-0.05, 0) is 49.7 Å². The van der Waals surface area contributed by atoms with Crippen molar-refractivity contribution in [2.75, 3.05) is 18.5 Å². The fraction of sp³-hybridized carbons (Fsp3) is 0.240. The molecule has 0 atom stereocenters. The third kappa shape index (κ3) is 4.30. The number of hydrogen-bond acceptors (Lipinski definition) is 7. The second-order valence-corrected chi connectivity index (χ2v) is 8.11. The number of ether oxygens (including phenoxy) is 1. The lowest BCUT2D eigenvalue weighted by Crippen LogP contribution is -2.12. The van der Waals surface area contributed by atoms with Crippen LogP contribution < -0.4 is 10.1 Å². The summed E-state index contributed by atoms with van der Waals surface area (Å²) in [6, 6.07) is 13.4. The minimum Gasteiger partial charge on any atom is -0.493 e. The maximum absolute atomic E-state index is 14.8. The number of anilines is 1. The Morgan fingerprint density at radius 2 is 2.00 bits per heavy atom. The molecule has 35 heavy (non-hydrogen) atoms. The number of aryl methyl sites for hydroxylation is 1. The Bertz CT molecular complexity index is 1480. The molecule has 3 aromatic heterocycles. The number of nitrogens with one attached hydrogen (secondary N) is 2. The SMILES string of the molecule is CCOc1cc(-c2cc(NCCn3c(C)c(F)c4c(C)cccc43)ncn2)ccc1-c1nn[nH]n1. The van der Waals surface area contributed by atoms with Crippen LogP contribution in [0.15, 0.2) is 48.8 Å². The first-order valence-corrected chi connectivity index (χ1v) is 11.4. The van der Waals surface area contributed by atoms with Crippen molar-refractivity contribution in [3.63, 3.8) is 0 Å². The smallest absolute Gasteiger partial charge is 0.208 e. The summed E-state index contributed by atoms with van der Waals surface area (Å²) in [6.07, 6.45) is 1.52. The number of tetrazole rings is 1. The number of rotatable bonds is 8. The van der Waals surface area contributed by atoms with Gasteiger partial charge in [-0.2, -0.15) is 5.21 Å². The predicted molar refractivity (Wildman–Crippen MR) is 132 cm³/mol. The Labute approximate surface area is 201 Å². The molecule has 0 aliphatic heterocycles. The quantitative estimate of drug-likeness (QED) is 0.341. The first-order valence-electron chi connectivity index (χ1n) is 11.4. The van der Waals surface area contributed by atoms with E-state index in [0.717, 1.165) is 27.9 Å². The van der Waals surface area contributed by atoms with Gasteiger partial charge in [0.25, 0.3) is 0 Å². The highest BCUT2D eigenvalue weighted by atomic mass is 19.1. The average molecular weight is 473 g/mol. The Morgan fingerprint density at radius 1 is 1.11 bits per heavy atom. The number of halogens is 1. The Morgan fingerprint density at radius 3 is 2.80 bits per heavy atom. The lowest BCUT2D eigenvalue weighted by atomic mass is 10.1. The van der Waals surface area contributed by atoms with Crippen molar-refractivity contribution < 1.29 is 9.13 Å². The number of H-pyrrole nitrogens is 1. The zero-order valence-electron chi connectivity index (χ0n) is 19.7. The highest BCUT2D eigenvalue weighted by Gasteiger charge is 2.16. The fourth-order valence-electron chi connectivity index (χ4n) is 4.26. The van der Waals surface area contributed by atoms with Crippen LogP contribution in [0.2, 0.25) is 0 Å². The first kappa shape index (κ1) is 22.5. The van der Waals surface area contributed by atoms with Crippen LogP contribution in [0, 0.1) is 19.7 Å². The molecule has 0 aliphatic carbocycles. The summed E-state index contributed by atoms with van der Waals surface area (Å²) < 4.78 is 22.6. The largest absolute Gasteiger partial charge is 0.493 e. The molecular formula is C25H25FN8O. The van der Waals surface area contributed by atoms with Gasteiger partial charge in [0.2, 0.25) is 5.82 Å². The molecule has 3 heterocycles. The Hall–Kier alpha value is -4.34. The van der Waals surface area contributed by atoms with Crippen molar-refractivity contribution in [1.29, 1.82) is 0 Å². The molecule has 0 saturated heterocycles. The van der Waals surface area contributed by atoms with E-state index in [9.17, 15) is 4.39 Å². The highest BCUT2D eigenvalue weighted by Crippen LogP contribution is 2.32. The predicted octanol–water partition coefficient (Wildman–Crippen LogP) is 4.55. The summed E-state index contributed by atoms with van der Waals surface area (Å²) in [4.78, 5) is 8.77. The molecule has 2 N–H and O–H groups in total.